The van der Waals surface area contributed by atoms with Crippen molar-refractivity contribution in [3.63, 3.8) is 0 Å². The minimum absolute atomic E-state index is 0.203. The summed E-state index contributed by atoms with van der Waals surface area (Å²) in [5.74, 6) is 1.90. The Morgan fingerprint density at radius 3 is 2.83 bits per heavy atom. The van der Waals surface area contributed by atoms with E-state index >= 15 is 0 Å². The molecule has 5 rings (SSSR count). The van der Waals surface area contributed by atoms with Crippen LogP contribution in [0.4, 0.5) is 5.69 Å². The van der Waals surface area contributed by atoms with Gasteiger partial charge in [0.25, 0.3) is 5.91 Å². The second kappa shape index (κ2) is 7.60. The highest BCUT2D eigenvalue weighted by Gasteiger charge is 2.25. The van der Waals surface area contributed by atoms with Gasteiger partial charge < -0.3 is 19.5 Å². The number of aliphatic imine (C=N–C) groups is 1. The predicted octanol–water partition coefficient (Wildman–Crippen LogP) is 3.71. The van der Waals surface area contributed by atoms with Gasteiger partial charge in [0, 0.05) is 17.2 Å². The standard InChI is InChI=1S/C21H16N4O4S/c1-27-15-5-2-12(3-6-15)19-13(10-22-25-19)8-18-20(26)24-21(30-18)23-14-4-7-16-17(9-14)29-11-28-16/h2-10H,11H2,1H3,(H,22,25)(H,23,24,26). The fourth-order valence-electron chi connectivity index (χ4n) is 3.09. The Morgan fingerprint density at radius 1 is 1.17 bits per heavy atom. The van der Waals surface area contributed by atoms with E-state index in [9.17, 15) is 4.79 Å². The number of hydrogen-bond donors (Lipinski definition) is 2. The van der Waals surface area contributed by atoms with Crippen LogP contribution in [0.3, 0.4) is 0 Å². The number of ether oxygens (including phenoxy) is 3. The lowest BCUT2D eigenvalue weighted by Crippen LogP contribution is -2.19. The molecule has 0 radical (unpaired) electrons. The van der Waals surface area contributed by atoms with Gasteiger partial charge >= 0.3 is 0 Å². The summed E-state index contributed by atoms with van der Waals surface area (Å²) in [6.07, 6.45) is 3.48. The molecule has 0 atom stereocenters. The van der Waals surface area contributed by atoms with E-state index in [1.807, 2.05) is 30.3 Å². The number of thioether (sulfide) groups is 1. The van der Waals surface area contributed by atoms with Gasteiger partial charge in [-0.25, -0.2) is 4.99 Å². The van der Waals surface area contributed by atoms with Crippen LogP contribution in [0.1, 0.15) is 5.56 Å². The van der Waals surface area contributed by atoms with Crippen LogP contribution in [0.15, 0.2) is 58.6 Å². The predicted molar refractivity (Wildman–Crippen MR) is 114 cm³/mol. The lowest BCUT2D eigenvalue weighted by molar-refractivity contribution is -0.115. The van der Waals surface area contributed by atoms with Crippen LogP contribution in [-0.2, 0) is 4.79 Å². The fraction of sp³-hybridized carbons (Fsp3) is 0.0952. The van der Waals surface area contributed by atoms with Crippen LogP contribution < -0.4 is 19.5 Å². The van der Waals surface area contributed by atoms with Gasteiger partial charge in [-0.3, -0.25) is 9.89 Å². The Morgan fingerprint density at radius 2 is 2.00 bits per heavy atom. The molecule has 8 nitrogen and oxygen atoms in total. The summed E-state index contributed by atoms with van der Waals surface area (Å²) in [7, 11) is 1.62. The van der Waals surface area contributed by atoms with Crippen molar-refractivity contribution in [2.24, 2.45) is 4.99 Å². The third-order valence-corrected chi connectivity index (χ3v) is 5.48. The quantitative estimate of drug-likeness (QED) is 0.625. The first-order chi connectivity index (χ1) is 14.7. The molecule has 0 bridgehead atoms. The summed E-state index contributed by atoms with van der Waals surface area (Å²) in [6.45, 7) is 0.203. The van der Waals surface area contributed by atoms with E-state index in [0.29, 0.717) is 27.3 Å². The number of aromatic amines is 1. The molecule has 2 N–H and O–H groups in total. The lowest BCUT2D eigenvalue weighted by atomic mass is 10.1. The second-order valence-corrected chi connectivity index (χ2v) is 7.48. The summed E-state index contributed by atoms with van der Waals surface area (Å²) < 4.78 is 15.9. The van der Waals surface area contributed by atoms with Crippen molar-refractivity contribution >= 4 is 34.6 Å². The van der Waals surface area contributed by atoms with Gasteiger partial charge in [0.05, 0.1) is 29.6 Å². The second-order valence-electron chi connectivity index (χ2n) is 6.45. The van der Waals surface area contributed by atoms with Crippen LogP contribution in [0.5, 0.6) is 17.2 Å². The highest BCUT2D eigenvalue weighted by Crippen LogP contribution is 2.36. The Labute approximate surface area is 176 Å². The number of benzene rings is 2. The maximum absolute atomic E-state index is 12.4. The van der Waals surface area contributed by atoms with E-state index in [1.54, 1.807) is 31.5 Å². The SMILES string of the molecule is COc1ccc(-c2[nH]ncc2C=C2SC(=Nc3ccc4c(c3)OCO4)NC2=O)cc1. The number of aromatic nitrogens is 2. The minimum Gasteiger partial charge on any atom is -0.497 e. The number of fused-ring (bicyclic) bond motifs is 1. The molecule has 150 valence electrons. The average molecular weight is 420 g/mol. The summed E-state index contributed by atoms with van der Waals surface area (Å²) in [4.78, 5) is 17.5. The van der Waals surface area contributed by atoms with Crippen LogP contribution in [0.25, 0.3) is 17.3 Å². The summed E-state index contributed by atoms with van der Waals surface area (Å²) in [5.41, 5.74) is 3.24. The highest BCUT2D eigenvalue weighted by molar-refractivity contribution is 8.18. The van der Waals surface area contributed by atoms with Gasteiger partial charge in [-0.2, -0.15) is 5.10 Å². The molecule has 9 heteroatoms. The third kappa shape index (κ3) is 3.50. The minimum atomic E-state index is -0.207. The van der Waals surface area contributed by atoms with Crippen molar-refractivity contribution in [1.82, 2.24) is 15.5 Å². The van der Waals surface area contributed by atoms with Gasteiger partial charge in [0.1, 0.15) is 5.75 Å². The molecule has 3 aromatic rings. The molecule has 30 heavy (non-hydrogen) atoms. The van der Waals surface area contributed by atoms with E-state index in [-0.39, 0.29) is 12.7 Å². The molecule has 3 heterocycles. The number of nitrogens with zero attached hydrogens (tertiary/aromatic N) is 2. The highest BCUT2D eigenvalue weighted by atomic mass is 32.2. The van der Waals surface area contributed by atoms with Crippen LogP contribution in [0, 0.1) is 0 Å². The number of nitrogens with one attached hydrogen (secondary N) is 2. The molecule has 0 saturated carbocycles. The summed E-state index contributed by atoms with van der Waals surface area (Å²) >= 11 is 1.27. The lowest BCUT2D eigenvalue weighted by Gasteiger charge is -2.03. The molecule has 1 aromatic heterocycles. The number of amidine groups is 1. The van der Waals surface area contributed by atoms with E-state index < -0.39 is 0 Å². The molecule has 0 aliphatic carbocycles. The largest absolute Gasteiger partial charge is 0.497 e. The van der Waals surface area contributed by atoms with Gasteiger partial charge in [-0.05, 0) is 54.2 Å². The molecule has 0 unspecified atom stereocenters. The zero-order valence-electron chi connectivity index (χ0n) is 15.8. The number of methoxy groups -OCH3 is 1. The van der Waals surface area contributed by atoms with Crippen LogP contribution in [0.2, 0.25) is 0 Å². The van der Waals surface area contributed by atoms with Gasteiger partial charge in [-0.15, -0.1) is 0 Å². The molecule has 1 saturated heterocycles. The van der Waals surface area contributed by atoms with E-state index in [2.05, 4.69) is 20.5 Å². The first-order valence-corrected chi connectivity index (χ1v) is 9.88. The number of hydrogen-bond acceptors (Lipinski definition) is 7. The number of carbonyl (C=O) groups is 1. The molecule has 2 aromatic carbocycles. The zero-order chi connectivity index (χ0) is 20.5. The van der Waals surface area contributed by atoms with E-state index in [4.69, 9.17) is 14.2 Å². The molecular formula is C21H16N4O4S. The van der Waals surface area contributed by atoms with Crippen LogP contribution in [-0.4, -0.2) is 35.2 Å². The van der Waals surface area contributed by atoms with Crippen molar-refractivity contribution in [2.45, 2.75) is 0 Å². The van der Waals surface area contributed by atoms with Crippen molar-refractivity contribution in [3.8, 4) is 28.5 Å². The Kier molecular flexibility index (Phi) is 4.64. The van der Waals surface area contributed by atoms with E-state index in [1.165, 1.54) is 11.8 Å². The molecule has 0 spiro atoms. The van der Waals surface area contributed by atoms with Crippen molar-refractivity contribution in [2.75, 3.05) is 13.9 Å². The topological polar surface area (TPSA) is 97.8 Å². The van der Waals surface area contributed by atoms with Gasteiger partial charge in [0.2, 0.25) is 6.79 Å². The van der Waals surface area contributed by atoms with Crippen molar-refractivity contribution < 1.29 is 19.0 Å². The van der Waals surface area contributed by atoms with Gasteiger partial charge in [-0.1, -0.05) is 0 Å². The first-order valence-electron chi connectivity index (χ1n) is 9.06. The average Bonchev–Trinajstić information content (AvgIpc) is 3.49. The molecule has 2 aliphatic rings. The van der Waals surface area contributed by atoms with Crippen LogP contribution >= 0.6 is 11.8 Å². The number of carbonyl (C=O) groups excluding carboxylic acids is 1. The first kappa shape index (κ1) is 18.3. The molecule has 1 amide bonds. The maximum Gasteiger partial charge on any atom is 0.264 e. The molecular weight excluding hydrogens is 404 g/mol. The maximum atomic E-state index is 12.4. The fourth-order valence-corrected chi connectivity index (χ4v) is 3.92. The monoisotopic (exact) mass is 420 g/mol. The molecule has 2 aliphatic heterocycles. The number of rotatable bonds is 4. The Hall–Kier alpha value is -3.72. The Bertz CT molecular complexity index is 1180. The van der Waals surface area contributed by atoms with Crippen molar-refractivity contribution in [3.05, 3.63) is 59.1 Å². The van der Waals surface area contributed by atoms with E-state index in [0.717, 1.165) is 22.6 Å². The third-order valence-electron chi connectivity index (χ3n) is 4.57. The number of amides is 1. The summed E-state index contributed by atoms with van der Waals surface area (Å²) in [6, 6.07) is 13.0. The number of H-pyrrole nitrogens is 1. The van der Waals surface area contributed by atoms with Gasteiger partial charge in [0.15, 0.2) is 16.7 Å². The summed E-state index contributed by atoms with van der Waals surface area (Å²) in [5, 5.41) is 10.4. The smallest absolute Gasteiger partial charge is 0.264 e. The Balaban J connectivity index is 1.39. The van der Waals surface area contributed by atoms with Crippen molar-refractivity contribution in [1.29, 1.82) is 0 Å². The normalized spacial score (nSPS) is 17.6. The molecule has 1 fully saturated rings. The zero-order valence-corrected chi connectivity index (χ0v) is 16.7.